The molecule has 6 aliphatic rings. The fraction of sp³-hybridized carbons (Fsp3) is 0.610. The molecule has 320 valence electrons. The van der Waals surface area contributed by atoms with Crippen LogP contribution >= 0.6 is 0 Å². The standard InChI is InChI=1S/C41H54N6O11S/c1-5-27-19-41(27,37(51)45-59(54,55)29-15-16-29)44-35(49)32-18-28-21-47(32)36(50)33(25-10-6-7-11-25)43-34(48)31(42-38(52)58-40(2,3)4)23-56-17-9-14-24-12-8-13-26-20-46(22-30(24)26)39(53)57-28/h5,8-9,12-14,25,27-29,31-33H,1,6-7,10-11,15-23H2,2-4H3,(H,42,52)(H,43,48)(H,44,49)(H,45,51)/b14-9+/t27-,28-,31+,32+,33+,41-/m1/s1. The number of benzene rings is 1. The number of hydrogen-bond acceptors (Lipinski definition) is 11. The second-order valence-electron chi connectivity index (χ2n) is 17.4. The Labute approximate surface area is 344 Å². The molecule has 6 amide bonds. The van der Waals surface area contributed by atoms with Gasteiger partial charge in [0.2, 0.25) is 27.7 Å². The molecule has 3 heterocycles. The monoisotopic (exact) mass is 838 g/mol. The van der Waals surface area contributed by atoms with Gasteiger partial charge < -0.3 is 35.1 Å². The van der Waals surface area contributed by atoms with Crippen molar-refractivity contribution in [2.75, 3.05) is 19.8 Å². The first-order chi connectivity index (χ1) is 28.0. The Morgan fingerprint density at radius 1 is 1.07 bits per heavy atom. The van der Waals surface area contributed by atoms with E-state index in [1.54, 1.807) is 31.7 Å². The molecule has 59 heavy (non-hydrogen) atoms. The number of fused-ring (bicyclic) bond motifs is 3. The first-order valence-corrected chi connectivity index (χ1v) is 21.9. The van der Waals surface area contributed by atoms with Gasteiger partial charge in [0.1, 0.15) is 35.4 Å². The summed E-state index contributed by atoms with van der Waals surface area (Å²) in [5.74, 6) is -3.85. The summed E-state index contributed by atoms with van der Waals surface area (Å²) < 4.78 is 45.0. The number of carbonyl (C=O) groups excluding carboxylic acids is 6. The van der Waals surface area contributed by atoms with E-state index in [0.717, 1.165) is 29.5 Å². The van der Waals surface area contributed by atoms with Crippen LogP contribution in [0.5, 0.6) is 0 Å². The van der Waals surface area contributed by atoms with E-state index >= 15 is 0 Å². The average Bonchev–Trinajstić information content (AvgIpc) is 3.95. The largest absolute Gasteiger partial charge is 0.444 e. The molecule has 3 saturated carbocycles. The van der Waals surface area contributed by atoms with E-state index in [-0.39, 0.29) is 51.6 Å². The summed E-state index contributed by atoms with van der Waals surface area (Å²) in [7, 11) is -3.95. The van der Waals surface area contributed by atoms with Crippen LogP contribution in [0.4, 0.5) is 9.59 Å². The minimum Gasteiger partial charge on any atom is -0.444 e. The van der Waals surface area contributed by atoms with Crippen molar-refractivity contribution in [1.29, 1.82) is 0 Å². The molecule has 18 heteroatoms. The SMILES string of the molecule is C=C[C@@H]1C[C@]1(NC(=O)[C@@H]1C[C@@H]2CN1C(=O)[C@H](C1CCCC1)NC(=O)[C@@H](NC(=O)OC(C)(C)C)COC/C=C/c1cccc3c1CN(C3)C(=O)O2)C(=O)NS(=O)(=O)C1CC1. The molecule has 4 fully saturated rings. The summed E-state index contributed by atoms with van der Waals surface area (Å²) in [6, 6.07) is 2.02. The fourth-order valence-electron chi connectivity index (χ4n) is 8.51. The summed E-state index contributed by atoms with van der Waals surface area (Å²) in [6.07, 6.45) is 6.27. The molecule has 17 nitrogen and oxygen atoms in total. The number of sulfonamides is 1. The van der Waals surface area contributed by atoms with E-state index in [4.69, 9.17) is 14.2 Å². The van der Waals surface area contributed by atoms with Crippen LogP contribution in [0.3, 0.4) is 0 Å². The van der Waals surface area contributed by atoms with Crippen LogP contribution in [0.2, 0.25) is 0 Å². The molecule has 0 aromatic heterocycles. The number of hydrogen-bond donors (Lipinski definition) is 4. The van der Waals surface area contributed by atoms with Gasteiger partial charge in [-0.15, -0.1) is 6.58 Å². The zero-order valence-corrected chi connectivity index (χ0v) is 34.5. The van der Waals surface area contributed by atoms with Gasteiger partial charge in [-0.3, -0.25) is 28.8 Å². The zero-order valence-electron chi connectivity index (χ0n) is 33.7. The average molecular weight is 839 g/mol. The van der Waals surface area contributed by atoms with Crippen LogP contribution in [0.1, 0.15) is 88.8 Å². The zero-order chi connectivity index (χ0) is 42.3. The maximum absolute atomic E-state index is 14.9. The molecule has 3 aliphatic heterocycles. The van der Waals surface area contributed by atoms with Gasteiger partial charge in [-0.05, 0) is 75.5 Å². The van der Waals surface area contributed by atoms with Crippen molar-refractivity contribution in [3.63, 3.8) is 0 Å². The third kappa shape index (κ3) is 9.43. The lowest BCUT2D eigenvalue weighted by molar-refractivity contribution is -0.144. The summed E-state index contributed by atoms with van der Waals surface area (Å²) in [5.41, 5.74) is 0.202. The molecule has 4 bridgehead atoms. The van der Waals surface area contributed by atoms with E-state index in [1.165, 1.54) is 11.0 Å². The van der Waals surface area contributed by atoms with Crippen molar-refractivity contribution in [3.05, 3.63) is 53.6 Å². The Kier molecular flexibility index (Phi) is 11.9. The predicted molar refractivity (Wildman–Crippen MR) is 212 cm³/mol. The number of rotatable bonds is 8. The Balaban J connectivity index is 1.20. The van der Waals surface area contributed by atoms with E-state index in [1.807, 2.05) is 24.3 Å². The molecule has 3 aliphatic carbocycles. The van der Waals surface area contributed by atoms with Gasteiger partial charge >= 0.3 is 12.2 Å². The minimum atomic E-state index is -3.95. The summed E-state index contributed by atoms with van der Waals surface area (Å²) in [4.78, 5) is 86.5. The minimum absolute atomic E-state index is 0.0746. The molecule has 0 radical (unpaired) electrons. The maximum atomic E-state index is 14.9. The van der Waals surface area contributed by atoms with Crippen molar-refractivity contribution in [2.45, 2.75) is 126 Å². The Morgan fingerprint density at radius 3 is 2.49 bits per heavy atom. The van der Waals surface area contributed by atoms with Crippen LogP contribution in [0.25, 0.3) is 6.08 Å². The Bertz CT molecular complexity index is 2020. The van der Waals surface area contributed by atoms with Crippen molar-refractivity contribution >= 4 is 51.9 Å². The van der Waals surface area contributed by atoms with Crippen molar-refractivity contribution in [2.24, 2.45) is 11.8 Å². The molecular weight excluding hydrogens is 785 g/mol. The molecule has 0 unspecified atom stereocenters. The second-order valence-corrected chi connectivity index (χ2v) is 19.4. The van der Waals surface area contributed by atoms with Gasteiger partial charge in [-0.25, -0.2) is 18.0 Å². The number of alkyl carbamates (subject to hydrolysis) is 1. The highest BCUT2D eigenvalue weighted by Crippen LogP contribution is 2.45. The van der Waals surface area contributed by atoms with E-state index < -0.39 is 92.4 Å². The fourth-order valence-corrected chi connectivity index (χ4v) is 9.87. The molecule has 0 spiro atoms. The van der Waals surface area contributed by atoms with Gasteiger partial charge in [0.15, 0.2) is 0 Å². The van der Waals surface area contributed by atoms with E-state index in [9.17, 15) is 37.2 Å². The third-order valence-electron chi connectivity index (χ3n) is 11.9. The highest BCUT2D eigenvalue weighted by atomic mass is 32.2. The smallest absolute Gasteiger partial charge is 0.410 e. The number of nitrogens with zero attached hydrogens (tertiary/aromatic N) is 2. The maximum Gasteiger partial charge on any atom is 0.410 e. The first-order valence-electron chi connectivity index (χ1n) is 20.4. The van der Waals surface area contributed by atoms with Crippen LogP contribution in [-0.4, -0.2) is 114 Å². The molecule has 7 rings (SSSR count). The summed E-state index contributed by atoms with van der Waals surface area (Å²) >= 11 is 0. The lowest BCUT2D eigenvalue weighted by Crippen LogP contribution is -2.61. The van der Waals surface area contributed by atoms with Crippen LogP contribution in [-0.2, 0) is 56.5 Å². The first kappa shape index (κ1) is 42.2. The van der Waals surface area contributed by atoms with Gasteiger partial charge in [-0.1, -0.05) is 49.3 Å². The third-order valence-corrected chi connectivity index (χ3v) is 13.7. The molecule has 1 aromatic carbocycles. The van der Waals surface area contributed by atoms with Crippen LogP contribution in [0, 0.1) is 11.8 Å². The summed E-state index contributed by atoms with van der Waals surface area (Å²) in [6.45, 7) is 8.98. The number of ether oxygens (including phenoxy) is 3. The van der Waals surface area contributed by atoms with E-state index in [0.29, 0.717) is 25.7 Å². The van der Waals surface area contributed by atoms with Crippen molar-refractivity contribution < 1.29 is 51.4 Å². The lowest BCUT2D eigenvalue weighted by atomic mass is 9.95. The molecule has 4 N–H and O–H groups in total. The predicted octanol–water partition coefficient (Wildman–Crippen LogP) is 2.39. The van der Waals surface area contributed by atoms with Gasteiger partial charge in [0, 0.05) is 18.9 Å². The van der Waals surface area contributed by atoms with Gasteiger partial charge in [0.25, 0.3) is 5.91 Å². The quantitative estimate of drug-likeness (QED) is 0.279. The van der Waals surface area contributed by atoms with Gasteiger partial charge in [0.05, 0.1) is 31.6 Å². The number of carbonyl (C=O) groups is 6. The van der Waals surface area contributed by atoms with E-state index in [2.05, 4.69) is 27.3 Å². The van der Waals surface area contributed by atoms with Crippen molar-refractivity contribution in [1.82, 2.24) is 30.5 Å². The van der Waals surface area contributed by atoms with Crippen LogP contribution in [0.15, 0.2) is 36.9 Å². The number of nitrogens with one attached hydrogen (secondary N) is 4. The van der Waals surface area contributed by atoms with Crippen LogP contribution < -0.4 is 20.7 Å². The lowest BCUT2D eigenvalue weighted by Gasteiger charge is -2.33. The molecular formula is C41H54N6O11S. The molecule has 1 saturated heterocycles. The highest BCUT2D eigenvalue weighted by molar-refractivity contribution is 7.91. The molecule has 6 atom stereocenters. The topological polar surface area (TPSA) is 219 Å². The highest BCUT2D eigenvalue weighted by Gasteiger charge is 2.62. The normalized spacial score (nSPS) is 29.6. The Hall–Kier alpha value is -4.97. The second kappa shape index (κ2) is 16.6. The van der Waals surface area contributed by atoms with Gasteiger partial charge in [-0.2, -0.15) is 0 Å². The summed E-state index contributed by atoms with van der Waals surface area (Å²) in [5, 5.41) is 7.54. The Morgan fingerprint density at radius 2 is 1.81 bits per heavy atom. The number of amides is 6. The molecule has 1 aromatic rings. The van der Waals surface area contributed by atoms with Crippen molar-refractivity contribution in [3.8, 4) is 0 Å².